The first kappa shape index (κ1) is 27.9. The van der Waals surface area contributed by atoms with Crippen LogP contribution in [0.5, 0.6) is 17.2 Å². The molecule has 7 nitrogen and oxygen atoms in total. The van der Waals surface area contributed by atoms with Gasteiger partial charge < -0.3 is 14.2 Å². The van der Waals surface area contributed by atoms with Crippen LogP contribution in [-0.4, -0.2) is 23.7 Å². The average Bonchev–Trinajstić information content (AvgIpc) is 2.89. The summed E-state index contributed by atoms with van der Waals surface area (Å²) in [5.41, 5.74) is -0.170. The highest BCUT2D eigenvalue weighted by molar-refractivity contribution is 6.34. The van der Waals surface area contributed by atoms with E-state index < -0.39 is 23.7 Å². The Morgan fingerprint density at radius 2 is 0.872 bits per heavy atom. The standard InChI is InChI=1S/C29H17Cl3O7/c1-16(33)26-24(38-28(35)19-9-3-6-12-22(19)31)14-17(37-27(34)18-8-2-5-11-21(18)30)15-25(26)39-29(36)20-10-4-7-13-23(20)32/h2-15H,1H3. The number of halogens is 3. The van der Waals surface area contributed by atoms with E-state index in [1.54, 1.807) is 36.4 Å². The summed E-state index contributed by atoms with van der Waals surface area (Å²) in [4.78, 5) is 51.4. The van der Waals surface area contributed by atoms with E-state index in [1.807, 2.05) is 0 Å². The highest BCUT2D eigenvalue weighted by Gasteiger charge is 2.26. The predicted octanol–water partition coefficient (Wildman–Crippen LogP) is 7.51. The van der Waals surface area contributed by atoms with Gasteiger partial charge >= 0.3 is 17.9 Å². The molecule has 4 aromatic carbocycles. The molecule has 196 valence electrons. The number of hydrogen-bond acceptors (Lipinski definition) is 7. The fourth-order valence-electron chi connectivity index (χ4n) is 3.48. The van der Waals surface area contributed by atoms with Crippen molar-refractivity contribution in [3.05, 3.63) is 122 Å². The van der Waals surface area contributed by atoms with Crippen LogP contribution in [0.25, 0.3) is 0 Å². The Kier molecular flexibility index (Phi) is 8.66. The van der Waals surface area contributed by atoms with Crippen molar-refractivity contribution in [3.8, 4) is 17.2 Å². The number of hydrogen-bond donors (Lipinski definition) is 0. The van der Waals surface area contributed by atoms with Gasteiger partial charge in [-0.1, -0.05) is 71.2 Å². The molecular formula is C29H17Cl3O7. The van der Waals surface area contributed by atoms with Crippen molar-refractivity contribution in [1.29, 1.82) is 0 Å². The molecule has 0 atom stereocenters. The molecule has 4 aromatic rings. The molecule has 0 fully saturated rings. The topological polar surface area (TPSA) is 96.0 Å². The van der Waals surface area contributed by atoms with Crippen LogP contribution in [0.15, 0.2) is 84.9 Å². The zero-order chi connectivity index (χ0) is 28.1. The van der Waals surface area contributed by atoms with E-state index in [0.29, 0.717) is 0 Å². The van der Waals surface area contributed by atoms with E-state index in [9.17, 15) is 19.2 Å². The van der Waals surface area contributed by atoms with E-state index in [2.05, 4.69) is 0 Å². The van der Waals surface area contributed by atoms with Crippen molar-refractivity contribution in [2.45, 2.75) is 6.92 Å². The number of rotatable bonds is 7. The normalized spacial score (nSPS) is 10.5. The van der Waals surface area contributed by atoms with Crippen molar-refractivity contribution < 1.29 is 33.4 Å². The summed E-state index contributed by atoms with van der Waals surface area (Å²) in [6, 6.07) is 20.7. The lowest BCUT2D eigenvalue weighted by Gasteiger charge is -2.16. The van der Waals surface area contributed by atoms with E-state index in [1.165, 1.54) is 43.3 Å². The first-order valence-corrected chi connectivity index (χ1v) is 12.4. The summed E-state index contributed by atoms with van der Waals surface area (Å²) in [6.07, 6.45) is 0. The van der Waals surface area contributed by atoms with E-state index in [-0.39, 0.29) is 54.6 Å². The lowest BCUT2D eigenvalue weighted by Crippen LogP contribution is -2.16. The van der Waals surface area contributed by atoms with Crippen molar-refractivity contribution in [3.63, 3.8) is 0 Å². The Bertz CT molecular complexity index is 1530. The molecule has 0 radical (unpaired) electrons. The van der Waals surface area contributed by atoms with Crippen molar-refractivity contribution in [1.82, 2.24) is 0 Å². The molecule has 4 rings (SSSR count). The summed E-state index contributed by atoms with van der Waals surface area (Å²) in [5, 5.41) is 0.357. The molecule has 0 N–H and O–H groups in total. The van der Waals surface area contributed by atoms with Crippen LogP contribution < -0.4 is 14.2 Å². The van der Waals surface area contributed by atoms with Crippen molar-refractivity contribution in [2.75, 3.05) is 0 Å². The number of Topliss-reactive ketones (excluding diaryl/α,β-unsaturated/α-hetero) is 1. The summed E-state index contributed by atoms with van der Waals surface area (Å²) in [5.74, 6) is -4.13. The lowest BCUT2D eigenvalue weighted by atomic mass is 10.1. The molecule has 0 amide bonds. The molecule has 0 aromatic heterocycles. The highest BCUT2D eigenvalue weighted by Crippen LogP contribution is 2.37. The van der Waals surface area contributed by atoms with Crippen LogP contribution >= 0.6 is 34.8 Å². The molecule has 0 saturated carbocycles. The maximum Gasteiger partial charge on any atom is 0.345 e. The zero-order valence-electron chi connectivity index (χ0n) is 20.1. The van der Waals surface area contributed by atoms with Crippen LogP contribution in [-0.2, 0) is 0 Å². The molecule has 39 heavy (non-hydrogen) atoms. The molecule has 0 heterocycles. The lowest BCUT2D eigenvalue weighted by molar-refractivity contribution is 0.0728. The second-order valence-corrected chi connectivity index (χ2v) is 9.18. The second kappa shape index (κ2) is 12.1. The minimum atomic E-state index is -0.902. The molecule has 0 aliphatic carbocycles. The second-order valence-electron chi connectivity index (χ2n) is 7.96. The first-order chi connectivity index (χ1) is 18.7. The van der Waals surface area contributed by atoms with Gasteiger partial charge in [-0.3, -0.25) is 4.79 Å². The molecule has 0 saturated heterocycles. The molecule has 0 aliphatic heterocycles. The Hall–Kier alpha value is -4.17. The maximum atomic E-state index is 12.9. The maximum absolute atomic E-state index is 12.9. The summed E-state index contributed by atoms with van der Waals surface area (Å²) >= 11 is 18.4. The van der Waals surface area contributed by atoms with Gasteiger partial charge in [0, 0.05) is 12.1 Å². The SMILES string of the molecule is CC(=O)c1c(OC(=O)c2ccccc2Cl)cc(OC(=O)c2ccccc2Cl)cc1OC(=O)c1ccccc1Cl. The van der Waals surface area contributed by atoms with Gasteiger partial charge in [0.15, 0.2) is 5.78 Å². The molecule has 0 spiro atoms. The number of esters is 3. The van der Waals surface area contributed by atoms with Gasteiger partial charge in [0.1, 0.15) is 22.8 Å². The number of benzene rings is 4. The van der Waals surface area contributed by atoms with Gasteiger partial charge in [-0.2, -0.15) is 0 Å². The minimum absolute atomic E-state index is 0.0155. The monoisotopic (exact) mass is 582 g/mol. The van der Waals surface area contributed by atoms with Gasteiger partial charge in [0.05, 0.1) is 31.8 Å². The number of ketones is 1. The summed E-state index contributed by atoms with van der Waals surface area (Å²) in [7, 11) is 0. The van der Waals surface area contributed by atoms with Crippen LogP contribution in [0.4, 0.5) is 0 Å². The fourth-order valence-corrected chi connectivity index (χ4v) is 4.12. The minimum Gasteiger partial charge on any atom is -0.423 e. The number of carbonyl (C=O) groups is 4. The van der Waals surface area contributed by atoms with Gasteiger partial charge in [-0.05, 0) is 43.3 Å². The first-order valence-electron chi connectivity index (χ1n) is 11.2. The highest BCUT2D eigenvalue weighted by atomic mass is 35.5. The molecule has 0 unspecified atom stereocenters. The molecular weight excluding hydrogens is 567 g/mol. The third kappa shape index (κ3) is 6.46. The number of carbonyl (C=O) groups excluding carboxylic acids is 4. The largest absolute Gasteiger partial charge is 0.423 e. The average molecular weight is 584 g/mol. The van der Waals surface area contributed by atoms with Gasteiger partial charge in [0.25, 0.3) is 0 Å². The Labute approximate surface area is 237 Å². The van der Waals surface area contributed by atoms with Crippen LogP contribution in [0, 0.1) is 0 Å². The van der Waals surface area contributed by atoms with Crippen LogP contribution in [0.1, 0.15) is 48.4 Å². The van der Waals surface area contributed by atoms with Crippen molar-refractivity contribution in [2.24, 2.45) is 0 Å². The van der Waals surface area contributed by atoms with E-state index >= 15 is 0 Å². The Morgan fingerprint density at radius 3 is 1.21 bits per heavy atom. The molecule has 0 bridgehead atoms. The quantitative estimate of drug-likeness (QED) is 0.126. The predicted molar refractivity (Wildman–Crippen MR) is 146 cm³/mol. The number of ether oxygens (including phenoxy) is 3. The third-order valence-corrected chi connectivity index (χ3v) is 6.28. The van der Waals surface area contributed by atoms with E-state index in [0.717, 1.165) is 12.1 Å². The molecule has 0 aliphatic rings. The summed E-state index contributed by atoms with van der Waals surface area (Å²) < 4.78 is 16.4. The smallest absolute Gasteiger partial charge is 0.345 e. The van der Waals surface area contributed by atoms with E-state index in [4.69, 9.17) is 49.0 Å². The van der Waals surface area contributed by atoms with Gasteiger partial charge in [0.2, 0.25) is 0 Å². The Morgan fingerprint density at radius 1 is 0.538 bits per heavy atom. The van der Waals surface area contributed by atoms with Crippen molar-refractivity contribution >= 4 is 58.5 Å². The summed E-state index contributed by atoms with van der Waals surface area (Å²) in [6.45, 7) is 1.18. The molecule has 10 heteroatoms. The third-order valence-electron chi connectivity index (χ3n) is 5.29. The fraction of sp³-hybridized carbons (Fsp3) is 0.0345. The Balaban J connectivity index is 1.79. The van der Waals surface area contributed by atoms with Crippen LogP contribution in [0.3, 0.4) is 0 Å². The van der Waals surface area contributed by atoms with Gasteiger partial charge in [-0.25, -0.2) is 14.4 Å². The van der Waals surface area contributed by atoms with Crippen LogP contribution in [0.2, 0.25) is 15.1 Å². The van der Waals surface area contributed by atoms with Gasteiger partial charge in [-0.15, -0.1) is 0 Å². The zero-order valence-corrected chi connectivity index (χ0v) is 22.3.